The summed E-state index contributed by atoms with van der Waals surface area (Å²) in [7, 11) is 4.05. The monoisotopic (exact) mass is 550 g/mol. The van der Waals surface area contributed by atoms with Crippen LogP contribution in [0.2, 0.25) is 0 Å². The number of aromatic nitrogens is 2. The van der Waals surface area contributed by atoms with Crippen molar-refractivity contribution in [3.8, 4) is 5.75 Å². The number of benzene rings is 3. The van der Waals surface area contributed by atoms with Crippen LogP contribution in [0, 0.1) is 0 Å². The van der Waals surface area contributed by atoms with E-state index in [1.165, 1.54) is 11.1 Å². The van der Waals surface area contributed by atoms with Crippen molar-refractivity contribution < 1.29 is 9.53 Å². The van der Waals surface area contributed by atoms with E-state index in [0.717, 1.165) is 30.7 Å². The van der Waals surface area contributed by atoms with Gasteiger partial charge in [0.25, 0.3) is 17.0 Å². The molecule has 1 aliphatic heterocycles. The standard InChI is InChI=1S/C33H34N4O4/c1-36(2)17-5-19-41-28-14-10-24(11-15-28)21-30-32(39)34-29(31(38)35-30)20-23-8-12-26(13-9-23)33(40)37-18-16-25-6-3-4-7-27(25)22-37/h3-4,6-15,20-21H,5,16-19,22H2,1-2H3,(H,34,39)(H,35,38)/b29-20-,30-21-. The molecule has 4 aromatic rings. The second-order valence-corrected chi connectivity index (χ2v) is 10.5. The van der Waals surface area contributed by atoms with E-state index in [9.17, 15) is 14.4 Å². The van der Waals surface area contributed by atoms with Crippen LogP contribution in [0.5, 0.6) is 5.75 Å². The summed E-state index contributed by atoms with van der Waals surface area (Å²) in [4.78, 5) is 47.9. The zero-order valence-corrected chi connectivity index (χ0v) is 23.4. The van der Waals surface area contributed by atoms with Crippen LogP contribution in [-0.4, -0.2) is 59.5 Å². The first kappa shape index (κ1) is 27.9. The van der Waals surface area contributed by atoms with Gasteiger partial charge in [-0.25, -0.2) is 0 Å². The number of nitrogens with one attached hydrogen (secondary N) is 2. The molecule has 210 valence electrons. The molecular formula is C33H34N4O4. The summed E-state index contributed by atoms with van der Waals surface area (Å²) >= 11 is 0. The number of hydrogen-bond donors (Lipinski definition) is 2. The normalized spacial score (nSPS) is 13.9. The maximum Gasteiger partial charge on any atom is 0.272 e. The summed E-state index contributed by atoms with van der Waals surface area (Å²) in [6.07, 6.45) is 4.99. The van der Waals surface area contributed by atoms with Crippen LogP contribution < -0.4 is 26.6 Å². The van der Waals surface area contributed by atoms with Crippen molar-refractivity contribution in [3.05, 3.63) is 132 Å². The van der Waals surface area contributed by atoms with Gasteiger partial charge in [0.05, 0.1) is 6.61 Å². The third-order valence-electron chi connectivity index (χ3n) is 7.08. The molecule has 0 saturated heterocycles. The molecule has 5 rings (SSSR count). The Kier molecular flexibility index (Phi) is 8.60. The van der Waals surface area contributed by atoms with Crippen LogP contribution in [0.15, 0.2) is 82.4 Å². The highest BCUT2D eigenvalue weighted by molar-refractivity contribution is 5.94. The van der Waals surface area contributed by atoms with Crippen molar-refractivity contribution in [3.63, 3.8) is 0 Å². The number of aromatic amines is 2. The van der Waals surface area contributed by atoms with Crippen molar-refractivity contribution in [1.29, 1.82) is 0 Å². The zero-order chi connectivity index (χ0) is 28.8. The minimum atomic E-state index is -0.413. The van der Waals surface area contributed by atoms with Crippen molar-refractivity contribution >= 4 is 18.1 Å². The SMILES string of the molecule is CN(C)CCCOc1ccc(/C=c2\[nH]c(=O)/c(=C/c3ccc(C(=O)N4CCc5ccccc5C4)cc3)[nH]c2=O)cc1. The molecule has 0 fully saturated rings. The number of rotatable bonds is 8. The molecule has 0 spiro atoms. The fourth-order valence-corrected chi connectivity index (χ4v) is 4.83. The smallest absolute Gasteiger partial charge is 0.272 e. The van der Waals surface area contributed by atoms with Gasteiger partial charge >= 0.3 is 0 Å². The third kappa shape index (κ3) is 7.10. The third-order valence-corrected chi connectivity index (χ3v) is 7.08. The Morgan fingerprint density at radius 2 is 1.44 bits per heavy atom. The molecule has 0 bridgehead atoms. The van der Waals surface area contributed by atoms with Gasteiger partial charge in [-0.1, -0.05) is 48.5 Å². The van der Waals surface area contributed by atoms with E-state index in [2.05, 4.69) is 27.0 Å². The van der Waals surface area contributed by atoms with Crippen molar-refractivity contribution in [2.24, 2.45) is 0 Å². The van der Waals surface area contributed by atoms with Crippen LogP contribution in [-0.2, 0) is 13.0 Å². The van der Waals surface area contributed by atoms with E-state index in [1.54, 1.807) is 36.4 Å². The Hall–Kier alpha value is -4.69. The molecule has 2 N–H and O–H groups in total. The lowest BCUT2D eigenvalue weighted by atomic mass is 9.99. The Morgan fingerprint density at radius 3 is 2.05 bits per heavy atom. The van der Waals surface area contributed by atoms with E-state index in [1.807, 2.05) is 55.4 Å². The second-order valence-electron chi connectivity index (χ2n) is 10.5. The maximum atomic E-state index is 13.1. The lowest BCUT2D eigenvalue weighted by Gasteiger charge is -2.29. The van der Waals surface area contributed by atoms with Gasteiger partial charge in [-0.15, -0.1) is 0 Å². The van der Waals surface area contributed by atoms with Crippen molar-refractivity contribution in [1.82, 2.24) is 19.8 Å². The van der Waals surface area contributed by atoms with Gasteiger partial charge in [0.2, 0.25) is 0 Å². The molecule has 0 radical (unpaired) electrons. The van der Waals surface area contributed by atoms with Gasteiger partial charge in [-0.2, -0.15) is 0 Å². The number of fused-ring (bicyclic) bond motifs is 1. The number of amides is 1. The second kappa shape index (κ2) is 12.7. The number of nitrogens with zero attached hydrogens (tertiary/aromatic N) is 2. The fraction of sp³-hybridized carbons (Fsp3) is 0.242. The number of H-pyrrole nitrogens is 2. The average molecular weight is 551 g/mol. The largest absolute Gasteiger partial charge is 0.494 e. The van der Waals surface area contributed by atoms with Gasteiger partial charge in [0, 0.05) is 25.2 Å². The maximum absolute atomic E-state index is 13.1. The Labute approximate surface area is 238 Å². The molecule has 8 heteroatoms. The lowest BCUT2D eigenvalue weighted by Crippen LogP contribution is -2.46. The summed E-state index contributed by atoms with van der Waals surface area (Å²) in [6.45, 7) is 2.85. The molecule has 0 unspecified atom stereocenters. The quantitative estimate of drug-likeness (QED) is 0.328. The summed E-state index contributed by atoms with van der Waals surface area (Å²) in [6, 6.07) is 22.6. The highest BCUT2D eigenvalue weighted by Crippen LogP contribution is 2.20. The summed E-state index contributed by atoms with van der Waals surface area (Å²) in [5.41, 5.74) is 3.70. The highest BCUT2D eigenvalue weighted by Gasteiger charge is 2.21. The predicted molar refractivity (Wildman–Crippen MR) is 161 cm³/mol. The molecule has 1 amide bonds. The molecule has 1 aromatic heterocycles. The lowest BCUT2D eigenvalue weighted by molar-refractivity contribution is 0.0734. The number of carbonyl (C=O) groups is 1. The molecule has 1 aliphatic rings. The minimum Gasteiger partial charge on any atom is -0.494 e. The van der Waals surface area contributed by atoms with Crippen molar-refractivity contribution in [2.45, 2.75) is 19.4 Å². The Morgan fingerprint density at radius 1 is 0.854 bits per heavy atom. The van der Waals surface area contributed by atoms with Gasteiger partial charge in [-0.3, -0.25) is 14.4 Å². The zero-order valence-electron chi connectivity index (χ0n) is 23.4. The van der Waals surface area contributed by atoms with Gasteiger partial charge in [0.15, 0.2) is 0 Å². The molecule has 0 aliphatic carbocycles. The summed E-state index contributed by atoms with van der Waals surface area (Å²) < 4.78 is 5.75. The average Bonchev–Trinajstić information content (AvgIpc) is 2.98. The number of hydrogen-bond acceptors (Lipinski definition) is 5. The Balaban J connectivity index is 1.27. The van der Waals surface area contributed by atoms with Gasteiger partial charge in [-0.05, 0) is 85.6 Å². The summed E-state index contributed by atoms with van der Waals surface area (Å²) in [5, 5.41) is 0.302. The van der Waals surface area contributed by atoms with Crippen LogP contribution in [0.3, 0.4) is 0 Å². The molecule has 2 heterocycles. The first-order valence-corrected chi connectivity index (χ1v) is 13.8. The van der Waals surface area contributed by atoms with Crippen LogP contribution >= 0.6 is 0 Å². The van der Waals surface area contributed by atoms with E-state index in [0.29, 0.717) is 30.8 Å². The molecule has 8 nitrogen and oxygen atoms in total. The van der Waals surface area contributed by atoms with E-state index in [4.69, 9.17) is 4.74 Å². The minimum absolute atomic E-state index is 0.0267. The first-order valence-electron chi connectivity index (χ1n) is 13.8. The van der Waals surface area contributed by atoms with E-state index < -0.39 is 11.1 Å². The fourth-order valence-electron chi connectivity index (χ4n) is 4.83. The van der Waals surface area contributed by atoms with Gasteiger partial charge < -0.3 is 24.5 Å². The van der Waals surface area contributed by atoms with Crippen LogP contribution in [0.4, 0.5) is 0 Å². The molecule has 0 saturated carbocycles. The number of ether oxygens (including phenoxy) is 1. The topological polar surface area (TPSA) is 98.5 Å². The molecule has 0 atom stereocenters. The van der Waals surface area contributed by atoms with E-state index in [-0.39, 0.29) is 16.6 Å². The van der Waals surface area contributed by atoms with Crippen LogP contribution in [0.1, 0.15) is 39.0 Å². The molecule has 41 heavy (non-hydrogen) atoms. The molecule has 3 aromatic carbocycles. The van der Waals surface area contributed by atoms with Gasteiger partial charge in [0.1, 0.15) is 16.4 Å². The van der Waals surface area contributed by atoms with E-state index >= 15 is 0 Å². The van der Waals surface area contributed by atoms with Crippen molar-refractivity contribution in [2.75, 3.05) is 33.8 Å². The number of carbonyl (C=O) groups excluding carboxylic acids is 1. The summed E-state index contributed by atoms with van der Waals surface area (Å²) in [5.74, 6) is 0.725. The predicted octanol–water partition coefficient (Wildman–Crippen LogP) is 2.25. The molecular weight excluding hydrogens is 516 g/mol. The highest BCUT2D eigenvalue weighted by atomic mass is 16.5. The first-order chi connectivity index (χ1) is 19.9. The van der Waals surface area contributed by atoms with Crippen LogP contribution in [0.25, 0.3) is 12.2 Å². The Bertz CT molecular complexity index is 1750.